The zero-order valence-corrected chi connectivity index (χ0v) is 13.2. The molecule has 0 aliphatic carbocycles. The number of hydrogen-bond acceptors (Lipinski definition) is 6. The molecule has 8 heteroatoms. The number of carbonyl (C=O) groups excluding carboxylic acids is 3. The second kappa shape index (κ2) is 6.53. The van der Waals surface area contributed by atoms with E-state index in [0.29, 0.717) is 16.6 Å². The number of para-hydroxylation sites is 1. The first-order valence-corrected chi connectivity index (χ1v) is 8.70. The molecule has 3 amide bonds. The molecule has 6 nitrogen and oxygen atoms in total. The van der Waals surface area contributed by atoms with E-state index in [9.17, 15) is 14.4 Å². The second-order valence-electron chi connectivity index (χ2n) is 4.71. The summed E-state index contributed by atoms with van der Waals surface area (Å²) in [7, 11) is 0. The maximum atomic E-state index is 12.4. The Morgan fingerprint density at radius 2 is 2.05 bits per heavy atom. The van der Waals surface area contributed by atoms with Gasteiger partial charge < -0.3 is 5.32 Å². The first-order chi connectivity index (χ1) is 10.6. The van der Waals surface area contributed by atoms with Gasteiger partial charge in [-0.3, -0.25) is 14.4 Å². The van der Waals surface area contributed by atoms with Crippen molar-refractivity contribution in [1.82, 2.24) is 10.2 Å². The lowest BCUT2D eigenvalue weighted by molar-refractivity contribution is -0.137. The molecule has 22 heavy (non-hydrogen) atoms. The number of amidine groups is 1. The number of imide groups is 1. The fraction of sp³-hybridized carbons (Fsp3) is 0.286. The molecule has 0 aromatic heterocycles. The highest BCUT2D eigenvalue weighted by Crippen LogP contribution is 2.26. The number of carbonyl (C=O) groups is 3. The highest BCUT2D eigenvalue weighted by atomic mass is 32.2. The molecule has 0 bridgehead atoms. The van der Waals surface area contributed by atoms with Crippen molar-refractivity contribution in [1.29, 1.82) is 0 Å². The van der Waals surface area contributed by atoms with Gasteiger partial charge in [-0.25, -0.2) is 9.89 Å². The number of amides is 3. The lowest BCUT2D eigenvalue weighted by atomic mass is 10.3. The summed E-state index contributed by atoms with van der Waals surface area (Å²) in [5, 5.41) is 2.84. The molecule has 1 N–H and O–H groups in total. The lowest BCUT2D eigenvalue weighted by Gasteiger charge is -2.16. The first kappa shape index (κ1) is 15.1. The molecule has 3 rings (SSSR count). The van der Waals surface area contributed by atoms with Crippen LogP contribution >= 0.6 is 23.5 Å². The van der Waals surface area contributed by atoms with Crippen LogP contribution in [-0.4, -0.2) is 44.7 Å². The Hall–Kier alpha value is -1.80. The average Bonchev–Trinajstić information content (AvgIpc) is 3.06. The minimum Gasteiger partial charge on any atom is -0.343 e. The van der Waals surface area contributed by atoms with Crippen LogP contribution in [0.5, 0.6) is 0 Å². The van der Waals surface area contributed by atoms with Crippen LogP contribution in [0.15, 0.2) is 35.3 Å². The number of nitrogens with one attached hydrogen (secondary N) is 1. The number of nitrogens with zero attached hydrogens (tertiary/aromatic N) is 2. The van der Waals surface area contributed by atoms with E-state index in [1.807, 2.05) is 30.3 Å². The van der Waals surface area contributed by atoms with Crippen LogP contribution in [0.25, 0.3) is 0 Å². The van der Waals surface area contributed by atoms with Gasteiger partial charge in [-0.2, -0.15) is 0 Å². The smallest absolute Gasteiger partial charge is 0.245 e. The van der Waals surface area contributed by atoms with Crippen LogP contribution in [0, 0.1) is 0 Å². The Morgan fingerprint density at radius 1 is 1.27 bits per heavy atom. The third-order valence-electron chi connectivity index (χ3n) is 3.09. The quantitative estimate of drug-likeness (QED) is 0.902. The van der Waals surface area contributed by atoms with Gasteiger partial charge in [0.05, 0.1) is 29.0 Å². The maximum Gasteiger partial charge on any atom is 0.245 e. The summed E-state index contributed by atoms with van der Waals surface area (Å²) < 4.78 is 0. The van der Waals surface area contributed by atoms with Crippen LogP contribution < -0.4 is 5.32 Å². The number of rotatable bonds is 3. The fourth-order valence-corrected chi connectivity index (χ4v) is 3.90. The monoisotopic (exact) mass is 335 g/mol. The van der Waals surface area contributed by atoms with Crippen LogP contribution in [0.2, 0.25) is 0 Å². The molecule has 1 atom stereocenters. The summed E-state index contributed by atoms with van der Waals surface area (Å²) in [6.07, 6.45) is 0.0938. The number of thioether (sulfide) groups is 2. The standard InChI is InChI=1S/C14H13N3O3S2/c18-10-7-21-11(16-10)6-12(19)17-13(20)8-22-14(17)15-9-4-2-1-3-5-9/h1-5,11H,6-8H2,(H,16,18). The van der Waals surface area contributed by atoms with Gasteiger partial charge in [0.2, 0.25) is 17.7 Å². The predicted molar refractivity (Wildman–Crippen MR) is 86.9 cm³/mol. The Balaban J connectivity index is 1.74. The molecule has 114 valence electrons. The van der Waals surface area contributed by atoms with Crippen molar-refractivity contribution in [2.45, 2.75) is 11.8 Å². The second-order valence-corrected chi connectivity index (χ2v) is 6.85. The van der Waals surface area contributed by atoms with Gasteiger partial charge in [-0.15, -0.1) is 11.8 Å². The van der Waals surface area contributed by atoms with Crippen LogP contribution in [-0.2, 0) is 14.4 Å². The van der Waals surface area contributed by atoms with Gasteiger partial charge in [-0.1, -0.05) is 30.0 Å². The summed E-state index contributed by atoms with van der Waals surface area (Å²) in [6, 6.07) is 9.19. The predicted octanol–water partition coefficient (Wildman–Crippen LogP) is 1.36. The van der Waals surface area contributed by atoms with Gasteiger partial charge in [0.25, 0.3) is 0 Å². The SMILES string of the molecule is O=C1CSC(CC(=O)N2C(=O)CSC2=Nc2ccccc2)N1. The highest BCUT2D eigenvalue weighted by molar-refractivity contribution is 8.15. The van der Waals surface area contributed by atoms with E-state index < -0.39 is 0 Å². The summed E-state index contributed by atoms with van der Waals surface area (Å²) in [6.45, 7) is 0. The molecule has 0 radical (unpaired) electrons. The summed E-state index contributed by atoms with van der Waals surface area (Å²) in [4.78, 5) is 41.0. The molecule has 2 fully saturated rings. The van der Waals surface area contributed by atoms with Gasteiger partial charge >= 0.3 is 0 Å². The van der Waals surface area contributed by atoms with Crippen LogP contribution in [0.1, 0.15) is 6.42 Å². The highest BCUT2D eigenvalue weighted by Gasteiger charge is 2.36. The largest absolute Gasteiger partial charge is 0.343 e. The molecule has 2 saturated heterocycles. The molecule has 0 spiro atoms. The number of hydrogen-bond donors (Lipinski definition) is 1. The average molecular weight is 335 g/mol. The zero-order valence-electron chi connectivity index (χ0n) is 11.5. The summed E-state index contributed by atoms with van der Waals surface area (Å²) >= 11 is 2.63. The van der Waals surface area contributed by atoms with Crippen molar-refractivity contribution in [2.75, 3.05) is 11.5 Å². The fourth-order valence-electron chi connectivity index (χ4n) is 2.10. The van der Waals surface area contributed by atoms with Crippen molar-refractivity contribution in [3.05, 3.63) is 30.3 Å². The molecule has 2 aliphatic rings. The third kappa shape index (κ3) is 3.33. The molecule has 1 unspecified atom stereocenters. The van der Waals surface area contributed by atoms with Crippen molar-refractivity contribution >= 4 is 52.1 Å². The Morgan fingerprint density at radius 3 is 2.73 bits per heavy atom. The maximum absolute atomic E-state index is 12.4. The lowest BCUT2D eigenvalue weighted by Crippen LogP contribution is -2.39. The van der Waals surface area contributed by atoms with Crippen LogP contribution in [0.4, 0.5) is 5.69 Å². The van der Waals surface area contributed by atoms with Crippen molar-refractivity contribution < 1.29 is 14.4 Å². The Bertz CT molecular complexity index is 648. The van der Waals surface area contributed by atoms with E-state index in [1.54, 1.807) is 0 Å². The Labute approximate surface area is 135 Å². The van der Waals surface area contributed by atoms with Gasteiger partial charge in [-0.05, 0) is 12.1 Å². The topological polar surface area (TPSA) is 78.8 Å². The zero-order chi connectivity index (χ0) is 15.5. The third-order valence-corrected chi connectivity index (χ3v) is 5.13. The molecule has 2 aliphatic heterocycles. The first-order valence-electron chi connectivity index (χ1n) is 6.67. The van der Waals surface area contributed by atoms with E-state index in [-0.39, 0.29) is 35.3 Å². The molecule has 0 saturated carbocycles. The van der Waals surface area contributed by atoms with Crippen molar-refractivity contribution in [2.24, 2.45) is 4.99 Å². The normalized spacial score (nSPS) is 23.2. The van der Waals surface area contributed by atoms with E-state index >= 15 is 0 Å². The minimum absolute atomic E-state index is 0.0805. The molecule has 2 heterocycles. The van der Waals surface area contributed by atoms with Gasteiger partial charge in [0, 0.05) is 0 Å². The molecule has 1 aromatic rings. The number of benzene rings is 1. The molecule has 1 aromatic carbocycles. The number of aliphatic imine (C=N–C) groups is 1. The van der Waals surface area contributed by atoms with Gasteiger partial charge in [0.1, 0.15) is 0 Å². The van der Waals surface area contributed by atoms with Crippen molar-refractivity contribution in [3.63, 3.8) is 0 Å². The van der Waals surface area contributed by atoms with E-state index in [1.165, 1.54) is 23.5 Å². The summed E-state index contributed by atoms with van der Waals surface area (Å²) in [5.41, 5.74) is 0.695. The van der Waals surface area contributed by atoms with E-state index in [4.69, 9.17) is 0 Å². The Kier molecular flexibility index (Phi) is 4.49. The van der Waals surface area contributed by atoms with E-state index in [2.05, 4.69) is 10.3 Å². The van der Waals surface area contributed by atoms with Crippen LogP contribution in [0.3, 0.4) is 0 Å². The van der Waals surface area contributed by atoms with Crippen molar-refractivity contribution in [3.8, 4) is 0 Å². The molecular weight excluding hydrogens is 322 g/mol. The van der Waals surface area contributed by atoms with E-state index in [0.717, 1.165) is 4.90 Å². The molecular formula is C14H13N3O3S2. The van der Waals surface area contributed by atoms with Gasteiger partial charge in [0.15, 0.2) is 5.17 Å². The minimum atomic E-state index is -0.329. The summed E-state index contributed by atoms with van der Waals surface area (Å²) in [5.74, 6) is -0.112.